The zero-order valence-electron chi connectivity index (χ0n) is 16.7. The van der Waals surface area contributed by atoms with Crippen molar-refractivity contribution < 1.29 is 13.9 Å². The maximum absolute atomic E-state index is 13.7. The molecule has 1 saturated heterocycles. The monoisotopic (exact) mass is 430 g/mol. The summed E-state index contributed by atoms with van der Waals surface area (Å²) in [6.45, 7) is 5.52. The fourth-order valence-corrected chi connectivity index (χ4v) is 4.04. The van der Waals surface area contributed by atoms with E-state index in [4.69, 9.17) is 4.74 Å². The lowest BCUT2D eigenvalue weighted by molar-refractivity contribution is 0.0929. The summed E-state index contributed by atoms with van der Waals surface area (Å²) < 4.78 is 19.4. The SMILES string of the molecule is CC(C)Oc1cc(F)ccc1Nc1ncnc2sc(C(=O)NC3CCNCC3)nc12. The number of carbonyl (C=O) groups excluding carboxylic acids is 1. The number of halogens is 1. The van der Waals surface area contributed by atoms with E-state index < -0.39 is 5.82 Å². The molecule has 0 saturated carbocycles. The number of benzene rings is 1. The second-order valence-electron chi connectivity index (χ2n) is 7.32. The number of nitrogens with zero attached hydrogens (tertiary/aromatic N) is 3. The molecule has 1 fully saturated rings. The third-order valence-corrected chi connectivity index (χ3v) is 5.59. The lowest BCUT2D eigenvalue weighted by Crippen LogP contribution is -2.42. The van der Waals surface area contributed by atoms with Crippen LogP contribution in [-0.4, -0.2) is 46.1 Å². The molecular formula is C20H23FN6O2S. The number of nitrogens with one attached hydrogen (secondary N) is 3. The topological polar surface area (TPSA) is 101 Å². The maximum atomic E-state index is 13.7. The van der Waals surface area contributed by atoms with Gasteiger partial charge < -0.3 is 20.7 Å². The number of amides is 1. The predicted octanol–water partition coefficient (Wildman–Crippen LogP) is 3.24. The Morgan fingerprint density at radius 2 is 2.10 bits per heavy atom. The van der Waals surface area contributed by atoms with Crippen LogP contribution in [0.1, 0.15) is 36.5 Å². The molecule has 1 aromatic carbocycles. The second kappa shape index (κ2) is 8.88. The summed E-state index contributed by atoms with van der Waals surface area (Å²) >= 11 is 1.21. The lowest BCUT2D eigenvalue weighted by Gasteiger charge is -2.23. The van der Waals surface area contributed by atoms with Gasteiger partial charge in [-0.2, -0.15) is 0 Å². The van der Waals surface area contributed by atoms with Crippen LogP contribution in [0.15, 0.2) is 24.5 Å². The molecule has 2 aromatic heterocycles. The third-order valence-electron chi connectivity index (χ3n) is 4.62. The Labute approximate surface area is 177 Å². The highest BCUT2D eigenvalue weighted by atomic mass is 32.1. The van der Waals surface area contributed by atoms with Crippen LogP contribution in [-0.2, 0) is 0 Å². The van der Waals surface area contributed by atoms with Crippen molar-refractivity contribution in [1.29, 1.82) is 0 Å². The van der Waals surface area contributed by atoms with E-state index in [9.17, 15) is 9.18 Å². The minimum absolute atomic E-state index is 0.123. The van der Waals surface area contributed by atoms with Gasteiger partial charge in [-0.15, -0.1) is 0 Å². The molecule has 0 radical (unpaired) electrons. The minimum Gasteiger partial charge on any atom is -0.489 e. The van der Waals surface area contributed by atoms with E-state index in [0.29, 0.717) is 32.6 Å². The van der Waals surface area contributed by atoms with Gasteiger partial charge in [-0.3, -0.25) is 4.79 Å². The van der Waals surface area contributed by atoms with Crippen LogP contribution < -0.4 is 20.7 Å². The van der Waals surface area contributed by atoms with Gasteiger partial charge >= 0.3 is 0 Å². The molecule has 0 spiro atoms. The summed E-state index contributed by atoms with van der Waals surface area (Å²) in [5, 5.41) is 9.80. The van der Waals surface area contributed by atoms with Crippen LogP contribution in [0.4, 0.5) is 15.9 Å². The molecule has 1 amide bonds. The van der Waals surface area contributed by atoms with E-state index in [2.05, 4.69) is 30.9 Å². The fraction of sp³-hybridized carbons (Fsp3) is 0.400. The number of hydrogen-bond donors (Lipinski definition) is 3. The van der Waals surface area contributed by atoms with Crippen LogP contribution in [0.3, 0.4) is 0 Å². The Morgan fingerprint density at radius 3 is 2.87 bits per heavy atom. The first-order chi connectivity index (χ1) is 14.5. The molecule has 3 N–H and O–H groups in total. The third kappa shape index (κ3) is 4.65. The van der Waals surface area contributed by atoms with Crippen molar-refractivity contribution in [2.75, 3.05) is 18.4 Å². The van der Waals surface area contributed by atoms with Crippen molar-refractivity contribution in [3.63, 3.8) is 0 Å². The number of thiazole rings is 1. The Kier molecular flexibility index (Phi) is 6.05. The first kappa shape index (κ1) is 20.4. The van der Waals surface area contributed by atoms with E-state index in [1.165, 1.54) is 29.8 Å². The molecular weight excluding hydrogens is 407 g/mol. The van der Waals surface area contributed by atoms with E-state index in [-0.39, 0.29) is 18.1 Å². The molecule has 10 heteroatoms. The molecule has 1 aliphatic heterocycles. The van der Waals surface area contributed by atoms with Crippen LogP contribution in [0.5, 0.6) is 5.75 Å². The average molecular weight is 431 g/mol. The van der Waals surface area contributed by atoms with E-state index in [1.54, 1.807) is 6.07 Å². The normalized spacial score (nSPS) is 14.8. The number of fused-ring (bicyclic) bond motifs is 1. The number of hydrogen-bond acceptors (Lipinski definition) is 8. The molecule has 158 valence electrons. The Balaban J connectivity index is 1.59. The van der Waals surface area contributed by atoms with Crippen molar-refractivity contribution in [3.8, 4) is 5.75 Å². The first-order valence-electron chi connectivity index (χ1n) is 9.86. The highest BCUT2D eigenvalue weighted by Crippen LogP contribution is 2.32. The summed E-state index contributed by atoms with van der Waals surface area (Å²) in [5.41, 5.74) is 1.04. The van der Waals surface area contributed by atoms with Gasteiger partial charge in [-0.25, -0.2) is 19.3 Å². The largest absolute Gasteiger partial charge is 0.489 e. The van der Waals surface area contributed by atoms with Crippen molar-refractivity contribution in [3.05, 3.63) is 35.4 Å². The zero-order valence-corrected chi connectivity index (χ0v) is 17.6. The maximum Gasteiger partial charge on any atom is 0.280 e. The molecule has 3 aromatic rings. The fourth-order valence-electron chi connectivity index (χ4n) is 3.23. The van der Waals surface area contributed by atoms with Gasteiger partial charge in [0.25, 0.3) is 5.91 Å². The van der Waals surface area contributed by atoms with Crippen molar-refractivity contribution in [1.82, 2.24) is 25.6 Å². The minimum atomic E-state index is -0.394. The number of carbonyl (C=O) groups is 1. The average Bonchev–Trinajstić information content (AvgIpc) is 3.16. The summed E-state index contributed by atoms with van der Waals surface area (Å²) in [6.07, 6.45) is 3.07. The summed E-state index contributed by atoms with van der Waals surface area (Å²) in [6, 6.07) is 4.38. The van der Waals surface area contributed by atoms with Crippen molar-refractivity contribution >= 4 is 39.1 Å². The Bertz CT molecular complexity index is 1050. The summed E-state index contributed by atoms with van der Waals surface area (Å²) in [5.74, 6) is 0.198. The number of aromatic nitrogens is 3. The standard InChI is InChI=1S/C20H23FN6O2S/c1-11(2)29-15-9-12(21)3-4-14(15)26-17-16-19(24-10-23-17)30-20(27-16)18(28)25-13-5-7-22-8-6-13/h3-4,9-11,13,22H,5-8H2,1-2H3,(H,25,28)(H,23,24,26). The van der Waals surface area contributed by atoms with Crippen molar-refractivity contribution in [2.24, 2.45) is 0 Å². The van der Waals surface area contributed by atoms with Crippen LogP contribution in [0.2, 0.25) is 0 Å². The zero-order chi connectivity index (χ0) is 21.1. The van der Waals surface area contributed by atoms with E-state index in [1.807, 2.05) is 13.8 Å². The number of rotatable bonds is 6. The molecule has 0 unspecified atom stereocenters. The highest BCUT2D eigenvalue weighted by molar-refractivity contribution is 7.19. The molecule has 1 aliphatic rings. The van der Waals surface area contributed by atoms with Crippen LogP contribution in [0.25, 0.3) is 10.3 Å². The molecule has 0 bridgehead atoms. The van der Waals surface area contributed by atoms with E-state index >= 15 is 0 Å². The number of anilines is 2. The highest BCUT2D eigenvalue weighted by Gasteiger charge is 2.21. The van der Waals surface area contributed by atoms with E-state index in [0.717, 1.165) is 25.9 Å². The lowest BCUT2D eigenvalue weighted by atomic mass is 10.1. The van der Waals surface area contributed by atoms with Gasteiger partial charge in [0.2, 0.25) is 0 Å². The number of ether oxygens (including phenoxy) is 1. The second-order valence-corrected chi connectivity index (χ2v) is 8.30. The van der Waals surface area contributed by atoms with Gasteiger partial charge in [0, 0.05) is 12.1 Å². The summed E-state index contributed by atoms with van der Waals surface area (Å²) in [4.78, 5) is 26.2. The smallest absolute Gasteiger partial charge is 0.280 e. The number of piperidine rings is 1. The molecule has 3 heterocycles. The Morgan fingerprint density at radius 1 is 1.30 bits per heavy atom. The molecule has 0 aliphatic carbocycles. The van der Waals surface area contributed by atoms with Gasteiger partial charge in [0.1, 0.15) is 28.2 Å². The van der Waals surface area contributed by atoms with Crippen molar-refractivity contribution in [2.45, 2.75) is 38.8 Å². The van der Waals surface area contributed by atoms with Gasteiger partial charge in [-0.05, 0) is 51.9 Å². The molecule has 30 heavy (non-hydrogen) atoms. The first-order valence-corrected chi connectivity index (χ1v) is 10.7. The van der Waals surface area contributed by atoms with Gasteiger partial charge in [-0.1, -0.05) is 11.3 Å². The molecule has 8 nitrogen and oxygen atoms in total. The molecule has 0 atom stereocenters. The Hall–Kier alpha value is -2.85. The quantitative estimate of drug-likeness (QED) is 0.552. The molecule has 4 rings (SSSR count). The van der Waals surface area contributed by atoms with Gasteiger partial charge in [0.15, 0.2) is 10.8 Å². The van der Waals surface area contributed by atoms with Gasteiger partial charge in [0.05, 0.1) is 11.8 Å². The van der Waals surface area contributed by atoms with Crippen LogP contribution in [0, 0.1) is 5.82 Å². The predicted molar refractivity (Wildman–Crippen MR) is 114 cm³/mol. The van der Waals surface area contributed by atoms with Crippen LogP contribution >= 0.6 is 11.3 Å². The summed E-state index contributed by atoms with van der Waals surface area (Å²) in [7, 11) is 0.